The molecule has 0 bridgehead atoms. The molecular formula is C11H15NO3. The number of ether oxygens (including phenoxy) is 2. The summed E-state index contributed by atoms with van der Waals surface area (Å²) in [6.45, 7) is 1.92. The predicted octanol–water partition coefficient (Wildman–Crippen LogP) is 0.925. The van der Waals surface area contributed by atoms with Crippen LogP contribution < -0.4 is 14.8 Å². The lowest BCUT2D eigenvalue weighted by Crippen LogP contribution is -2.18. The minimum Gasteiger partial charge on any atom is -0.508 e. The minimum atomic E-state index is 0.273. The molecule has 0 saturated heterocycles. The second kappa shape index (κ2) is 4.40. The van der Waals surface area contributed by atoms with Gasteiger partial charge in [-0.25, -0.2) is 0 Å². The Labute approximate surface area is 88.8 Å². The van der Waals surface area contributed by atoms with Gasteiger partial charge in [-0.3, -0.25) is 0 Å². The Bertz CT molecular complexity index is 352. The fourth-order valence-electron chi connectivity index (χ4n) is 1.65. The predicted molar refractivity (Wildman–Crippen MR) is 56.7 cm³/mol. The van der Waals surface area contributed by atoms with Gasteiger partial charge in [-0.05, 0) is 32.1 Å². The van der Waals surface area contributed by atoms with Crippen LogP contribution in [0.4, 0.5) is 0 Å². The maximum Gasteiger partial charge on any atom is 0.168 e. The molecule has 0 radical (unpaired) electrons. The van der Waals surface area contributed by atoms with Crippen LogP contribution in [0.3, 0.4) is 0 Å². The van der Waals surface area contributed by atoms with Crippen molar-refractivity contribution in [3.63, 3.8) is 0 Å². The molecule has 0 unspecified atom stereocenters. The first-order valence-corrected chi connectivity index (χ1v) is 5.08. The zero-order valence-corrected chi connectivity index (χ0v) is 8.75. The first kappa shape index (κ1) is 10.1. The molecule has 4 heteroatoms. The summed E-state index contributed by atoms with van der Waals surface area (Å²) in [6.07, 6.45) is 0.731. The van der Waals surface area contributed by atoms with Crippen molar-refractivity contribution in [3.05, 3.63) is 17.7 Å². The van der Waals surface area contributed by atoms with Crippen molar-refractivity contribution in [1.29, 1.82) is 0 Å². The molecule has 2 N–H and O–H groups in total. The van der Waals surface area contributed by atoms with Gasteiger partial charge in [0.05, 0.1) is 0 Å². The summed E-state index contributed by atoms with van der Waals surface area (Å²) in [5.41, 5.74) is 0.821. The molecule has 0 amide bonds. The molecule has 0 aromatic heterocycles. The van der Waals surface area contributed by atoms with Crippen LogP contribution >= 0.6 is 0 Å². The number of phenolic OH excluding ortho intramolecular Hbond substituents is 1. The number of phenols is 1. The molecule has 1 aliphatic rings. The van der Waals surface area contributed by atoms with E-state index in [2.05, 4.69) is 5.32 Å². The highest BCUT2D eigenvalue weighted by Crippen LogP contribution is 2.38. The Hall–Kier alpha value is -1.42. The standard InChI is InChI=1S/C11H15NO3/c1-12-5-4-8-9(13)2-3-10-11(8)15-7-6-14-10/h2-3,12-13H,4-7H2,1H3. The molecule has 0 fully saturated rings. The lowest BCUT2D eigenvalue weighted by Gasteiger charge is -2.21. The Morgan fingerprint density at radius 2 is 2.13 bits per heavy atom. The summed E-state index contributed by atoms with van der Waals surface area (Å²) < 4.78 is 11.0. The van der Waals surface area contributed by atoms with Gasteiger partial charge in [-0.1, -0.05) is 0 Å². The Balaban J connectivity index is 2.32. The van der Waals surface area contributed by atoms with E-state index in [0.29, 0.717) is 19.0 Å². The highest BCUT2D eigenvalue weighted by molar-refractivity contribution is 5.54. The van der Waals surface area contributed by atoms with Crippen molar-refractivity contribution in [1.82, 2.24) is 5.32 Å². The van der Waals surface area contributed by atoms with Crippen LogP contribution in [0.15, 0.2) is 12.1 Å². The molecule has 82 valence electrons. The number of rotatable bonds is 3. The number of benzene rings is 1. The third kappa shape index (κ3) is 1.99. The van der Waals surface area contributed by atoms with Gasteiger partial charge < -0.3 is 19.9 Å². The fourth-order valence-corrected chi connectivity index (χ4v) is 1.65. The highest BCUT2D eigenvalue weighted by atomic mass is 16.6. The fraction of sp³-hybridized carbons (Fsp3) is 0.455. The van der Waals surface area contributed by atoms with Crippen LogP contribution in [0.25, 0.3) is 0 Å². The van der Waals surface area contributed by atoms with Gasteiger partial charge in [0.25, 0.3) is 0 Å². The van der Waals surface area contributed by atoms with Crippen molar-refractivity contribution in [2.75, 3.05) is 26.8 Å². The second-order valence-corrected chi connectivity index (χ2v) is 3.44. The molecule has 0 atom stereocenters. The molecule has 0 aliphatic carbocycles. The monoisotopic (exact) mass is 209 g/mol. The summed E-state index contributed by atoms with van der Waals surface area (Å²) in [4.78, 5) is 0. The van der Waals surface area contributed by atoms with Gasteiger partial charge in [0.1, 0.15) is 19.0 Å². The van der Waals surface area contributed by atoms with E-state index in [1.54, 1.807) is 12.1 Å². The van der Waals surface area contributed by atoms with Crippen molar-refractivity contribution < 1.29 is 14.6 Å². The summed E-state index contributed by atoms with van der Waals surface area (Å²) >= 11 is 0. The smallest absolute Gasteiger partial charge is 0.168 e. The third-order valence-electron chi connectivity index (χ3n) is 2.41. The molecular weight excluding hydrogens is 194 g/mol. The molecule has 0 saturated carbocycles. The van der Waals surface area contributed by atoms with E-state index < -0.39 is 0 Å². The molecule has 0 spiro atoms. The number of hydrogen-bond acceptors (Lipinski definition) is 4. The zero-order valence-electron chi connectivity index (χ0n) is 8.75. The molecule has 2 rings (SSSR count). The Morgan fingerprint density at radius 3 is 2.93 bits per heavy atom. The van der Waals surface area contributed by atoms with Crippen molar-refractivity contribution in [2.24, 2.45) is 0 Å². The summed E-state index contributed by atoms with van der Waals surface area (Å²) in [5, 5.41) is 12.8. The molecule has 1 aliphatic heterocycles. The SMILES string of the molecule is CNCCc1c(O)ccc2c1OCCO2. The van der Waals surface area contributed by atoms with E-state index in [0.717, 1.165) is 24.3 Å². The minimum absolute atomic E-state index is 0.273. The van der Waals surface area contributed by atoms with Gasteiger partial charge in [-0.15, -0.1) is 0 Å². The van der Waals surface area contributed by atoms with Gasteiger partial charge in [-0.2, -0.15) is 0 Å². The zero-order chi connectivity index (χ0) is 10.7. The van der Waals surface area contributed by atoms with Gasteiger partial charge in [0.15, 0.2) is 11.5 Å². The van der Waals surface area contributed by atoms with Crippen LogP contribution in [0, 0.1) is 0 Å². The maximum absolute atomic E-state index is 9.73. The van der Waals surface area contributed by atoms with Crippen LogP contribution in [0.1, 0.15) is 5.56 Å². The number of aromatic hydroxyl groups is 1. The number of hydrogen-bond donors (Lipinski definition) is 2. The Kier molecular flexibility index (Phi) is 2.97. The van der Waals surface area contributed by atoms with E-state index in [-0.39, 0.29) is 5.75 Å². The largest absolute Gasteiger partial charge is 0.508 e. The van der Waals surface area contributed by atoms with E-state index in [9.17, 15) is 5.11 Å². The quantitative estimate of drug-likeness (QED) is 0.777. The van der Waals surface area contributed by atoms with Gasteiger partial charge in [0, 0.05) is 5.56 Å². The topological polar surface area (TPSA) is 50.7 Å². The van der Waals surface area contributed by atoms with E-state index >= 15 is 0 Å². The lowest BCUT2D eigenvalue weighted by molar-refractivity contribution is 0.169. The first-order chi connectivity index (χ1) is 7.33. The van der Waals surface area contributed by atoms with Gasteiger partial charge >= 0.3 is 0 Å². The number of likely N-dealkylation sites (N-methyl/N-ethyl adjacent to an activating group) is 1. The number of fused-ring (bicyclic) bond motifs is 1. The highest BCUT2D eigenvalue weighted by Gasteiger charge is 2.18. The van der Waals surface area contributed by atoms with Crippen LogP contribution in [-0.2, 0) is 6.42 Å². The van der Waals surface area contributed by atoms with Gasteiger partial charge in [0.2, 0.25) is 0 Å². The normalized spacial score (nSPS) is 13.9. The molecule has 1 aromatic carbocycles. The molecule has 15 heavy (non-hydrogen) atoms. The van der Waals surface area contributed by atoms with Crippen molar-refractivity contribution in [2.45, 2.75) is 6.42 Å². The van der Waals surface area contributed by atoms with Crippen LogP contribution in [-0.4, -0.2) is 31.9 Å². The van der Waals surface area contributed by atoms with Crippen LogP contribution in [0.2, 0.25) is 0 Å². The summed E-state index contributed by atoms with van der Waals surface area (Å²) in [6, 6.07) is 3.39. The molecule has 1 heterocycles. The second-order valence-electron chi connectivity index (χ2n) is 3.44. The summed E-state index contributed by atoms with van der Waals surface area (Å²) in [7, 11) is 1.88. The van der Waals surface area contributed by atoms with E-state index in [4.69, 9.17) is 9.47 Å². The molecule has 1 aromatic rings. The summed E-state index contributed by atoms with van der Waals surface area (Å²) in [5.74, 6) is 1.69. The maximum atomic E-state index is 9.73. The Morgan fingerprint density at radius 1 is 1.33 bits per heavy atom. The van der Waals surface area contributed by atoms with Crippen molar-refractivity contribution >= 4 is 0 Å². The lowest BCUT2D eigenvalue weighted by atomic mass is 10.1. The average Bonchev–Trinajstić information content (AvgIpc) is 2.28. The van der Waals surface area contributed by atoms with Crippen LogP contribution in [0.5, 0.6) is 17.2 Å². The third-order valence-corrected chi connectivity index (χ3v) is 2.41. The number of nitrogens with one attached hydrogen (secondary N) is 1. The van der Waals surface area contributed by atoms with Crippen molar-refractivity contribution in [3.8, 4) is 17.2 Å². The van der Waals surface area contributed by atoms with E-state index in [1.807, 2.05) is 7.05 Å². The average molecular weight is 209 g/mol. The first-order valence-electron chi connectivity index (χ1n) is 5.08. The molecule has 4 nitrogen and oxygen atoms in total. The van der Waals surface area contributed by atoms with E-state index in [1.165, 1.54) is 0 Å².